The molecule has 0 bridgehead atoms. The van der Waals surface area contributed by atoms with Crippen LogP contribution in [-0.2, 0) is 14.9 Å². The molecular weight excluding hydrogens is 361 g/mol. The van der Waals surface area contributed by atoms with Gasteiger partial charge in [0.1, 0.15) is 5.52 Å². The average molecular weight is 373 g/mol. The number of carbonyl (C=O) groups excluding carboxylic acids is 1. The molecule has 3 aromatic rings. The minimum atomic E-state index is -4.26. The van der Waals surface area contributed by atoms with E-state index in [0.29, 0.717) is 16.7 Å². The van der Waals surface area contributed by atoms with Crippen molar-refractivity contribution in [2.45, 2.75) is 4.90 Å². The summed E-state index contributed by atoms with van der Waals surface area (Å²) >= 11 is 0. The maximum Gasteiger partial charge on any atom is 1.00 e. The van der Waals surface area contributed by atoms with E-state index in [-0.39, 0.29) is 69.2 Å². The molecule has 0 spiro atoms. The van der Waals surface area contributed by atoms with Gasteiger partial charge in [0.05, 0.1) is 17.6 Å². The second kappa shape index (κ2) is 7.44. The fourth-order valence-corrected chi connectivity index (χ4v) is 2.60. The molecule has 0 radical (unpaired) electrons. The molecule has 0 amide bonds. The molecule has 0 aliphatic carbocycles. The van der Waals surface area contributed by atoms with E-state index in [1.54, 1.807) is 18.2 Å². The van der Waals surface area contributed by atoms with Crippen molar-refractivity contribution >= 4 is 27.2 Å². The Balaban J connectivity index is 0.00000156. The van der Waals surface area contributed by atoms with Gasteiger partial charge in [0.25, 0.3) is 10.1 Å². The first-order valence-corrected chi connectivity index (χ1v) is 7.90. The number of nitrogens with zero attached hydrogens (tertiary/aromatic N) is 1. The Labute approximate surface area is 181 Å². The summed E-state index contributed by atoms with van der Waals surface area (Å²) in [4.78, 5) is 15.8. The van der Waals surface area contributed by atoms with E-state index in [0.717, 1.165) is 0 Å². The maximum atomic E-state index is 11.7. The van der Waals surface area contributed by atoms with Crippen LogP contribution in [0.3, 0.4) is 0 Å². The normalized spacial score (nSPS) is 11.1. The zero-order valence-corrected chi connectivity index (χ0v) is 16.8. The van der Waals surface area contributed by atoms with Gasteiger partial charge in [-0.3, -0.25) is 4.55 Å². The summed E-state index contributed by atoms with van der Waals surface area (Å²) in [6.45, 7) is 0. The van der Waals surface area contributed by atoms with Gasteiger partial charge in [0, 0.05) is 5.56 Å². The first-order valence-electron chi connectivity index (χ1n) is 6.46. The molecule has 0 unspecified atom stereocenters. The van der Waals surface area contributed by atoms with Gasteiger partial charge in [-0.25, -0.2) is 9.78 Å². The molecule has 3 rings (SSSR count). The second-order valence-corrected chi connectivity index (χ2v) is 6.08. The molecule has 0 saturated carbocycles. The maximum absolute atomic E-state index is 11.7. The van der Waals surface area contributed by atoms with Gasteiger partial charge in [-0.1, -0.05) is 6.07 Å². The number of methoxy groups -OCH3 is 1. The number of hydrogen-bond acceptors (Lipinski definition) is 6. The van der Waals surface area contributed by atoms with Crippen LogP contribution in [0.5, 0.6) is 0 Å². The number of oxazole rings is 1. The van der Waals surface area contributed by atoms with Crippen molar-refractivity contribution in [2.75, 3.05) is 7.11 Å². The van der Waals surface area contributed by atoms with Gasteiger partial charge in [-0.15, -0.1) is 0 Å². The number of esters is 1. The molecule has 0 fully saturated rings. The summed E-state index contributed by atoms with van der Waals surface area (Å²) in [5.41, 5.74) is 1.54. The molecule has 24 heavy (non-hydrogen) atoms. The average Bonchev–Trinajstić information content (AvgIpc) is 2.97. The Kier molecular flexibility index (Phi) is 5.97. The van der Waals surface area contributed by atoms with Crippen LogP contribution in [0, 0.1) is 0 Å². The predicted molar refractivity (Wildman–Crippen MR) is 81.7 cm³/mol. The number of ether oxygens (including phenoxy) is 1. The molecule has 0 aliphatic rings. The Hall–Kier alpha value is -1.07. The standard InChI is InChI=1S/C15H11NO6S.K.H/c1-21-15(17)11-3-2-4-12-13(11)16-14(22-12)9-5-7-10(8-6-9)23(18,19)20;;/h2-8H,1H3,(H,18,19,20);;/q;+1;-1. The fraction of sp³-hybridized carbons (Fsp3) is 0.0667. The summed E-state index contributed by atoms with van der Waals surface area (Å²) in [5, 5.41) is 0. The minimum Gasteiger partial charge on any atom is -1.00 e. The van der Waals surface area contributed by atoms with Gasteiger partial charge >= 0.3 is 57.4 Å². The monoisotopic (exact) mass is 373 g/mol. The van der Waals surface area contributed by atoms with Crippen molar-refractivity contribution in [3.63, 3.8) is 0 Å². The van der Waals surface area contributed by atoms with Crippen LogP contribution >= 0.6 is 0 Å². The number of hydrogen-bond donors (Lipinski definition) is 1. The van der Waals surface area contributed by atoms with Crippen molar-refractivity contribution in [1.29, 1.82) is 0 Å². The summed E-state index contributed by atoms with van der Waals surface area (Å²) in [6, 6.07) is 10.2. The SMILES string of the molecule is COC(=O)c1cccc2oc(-c3ccc(S(=O)(=O)O)cc3)nc12.[H-].[K+]. The van der Waals surface area contributed by atoms with E-state index in [1.165, 1.54) is 31.4 Å². The summed E-state index contributed by atoms with van der Waals surface area (Å²) in [6.07, 6.45) is 0. The molecule has 9 heteroatoms. The molecule has 0 aliphatic heterocycles. The summed E-state index contributed by atoms with van der Waals surface area (Å²) in [5.74, 6) is -0.310. The van der Waals surface area contributed by atoms with Crippen molar-refractivity contribution in [3.8, 4) is 11.5 Å². The number of benzene rings is 2. The Morgan fingerprint density at radius 3 is 2.46 bits per heavy atom. The zero-order chi connectivity index (χ0) is 16.6. The molecule has 1 heterocycles. The van der Waals surface area contributed by atoms with Crippen molar-refractivity contribution in [2.24, 2.45) is 0 Å². The zero-order valence-electron chi connectivity index (χ0n) is 13.9. The van der Waals surface area contributed by atoms with Crippen LogP contribution in [0.25, 0.3) is 22.6 Å². The number of fused-ring (bicyclic) bond motifs is 1. The molecule has 120 valence electrons. The number of para-hydroxylation sites is 1. The van der Waals surface area contributed by atoms with Crippen LogP contribution in [0.4, 0.5) is 0 Å². The predicted octanol–water partition coefficient (Wildman–Crippen LogP) is -0.355. The fourth-order valence-electron chi connectivity index (χ4n) is 2.12. The van der Waals surface area contributed by atoms with Gasteiger partial charge in [-0.2, -0.15) is 8.42 Å². The van der Waals surface area contributed by atoms with E-state index < -0.39 is 16.1 Å². The second-order valence-electron chi connectivity index (χ2n) is 4.66. The summed E-state index contributed by atoms with van der Waals surface area (Å²) < 4.78 is 41.3. The van der Waals surface area contributed by atoms with Crippen LogP contribution in [-0.4, -0.2) is 31.0 Å². The van der Waals surface area contributed by atoms with Crippen LogP contribution < -0.4 is 51.4 Å². The topological polar surface area (TPSA) is 107 Å². The van der Waals surface area contributed by atoms with E-state index in [2.05, 4.69) is 4.98 Å². The van der Waals surface area contributed by atoms with Crippen LogP contribution in [0.1, 0.15) is 11.8 Å². The molecule has 2 aromatic carbocycles. The van der Waals surface area contributed by atoms with Gasteiger partial charge in [0.15, 0.2) is 5.58 Å². The van der Waals surface area contributed by atoms with E-state index in [1.807, 2.05) is 0 Å². The first-order chi connectivity index (χ1) is 10.9. The van der Waals surface area contributed by atoms with Gasteiger partial charge in [0.2, 0.25) is 5.89 Å². The molecule has 7 nitrogen and oxygen atoms in total. The molecular formula is C15H12KNO6S. The third-order valence-electron chi connectivity index (χ3n) is 3.22. The Morgan fingerprint density at radius 2 is 1.88 bits per heavy atom. The van der Waals surface area contributed by atoms with Crippen LogP contribution in [0.2, 0.25) is 0 Å². The van der Waals surface area contributed by atoms with Crippen molar-refractivity contribution in [3.05, 3.63) is 48.0 Å². The Bertz CT molecular complexity index is 1000. The van der Waals surface area contributed by atoms with Crippen molar-refractivity contribution in [1.82, 2.24) is 4.98 Å². The largest absolute Gasteiger partial charge is 1.00 e. The van der Waals surface area contributed by atoms with Crippen LogP contribution in [0.15, 0.2) is 51.8 Å². The van der Waals surface area contributed by atoms with E-state index >= 15 is 0 Å². The third kappa shape index (κ3) is 3.77. The van der Waals surface area contributed by atoms with E-state index in [9.17, 15) is 13.2 Å². The van der Waals surface area contributed by atoms with Gasteiger partial charge in [-0.05, 0) is 36.4 Å². The molecule has 0 saturated heterocycles. The first kappa shape index (κ1) is 19.3. The minimum absolute atomic E-state index is 0. The molecule has 0 atom stereocenters. The summed E-state index contributed by atoms with van der Waals surface area (Å²) in [7, 11) is -2.99. The molecule has 1 N–H and O–H groups in total. The van der Waals surface area contributed by atoms with Gasteiger partial charge < -0.3 is 10.6 Å². The Morgan fingerprint density at radius 1 is 1.21 bits per heavy atom. The smallest absolute Gasteiger partial charge is 1.00 e. The van der Waals surface area contributed by atoms with E-state index in [4.69, 9.17) is 13.7 Å². The quantitative estimate of drug-likeness (QED) is 0.380. The number of carbonyl (C=O) groups is 1. The van der Waals surface area contributed by atoms with Crippen molar-refractivity contribution < 1.29 is 79.7 Å². The number of rotatable bonds is 3. The number of aromatic nitrogens is 1. The molecule has 1 aromatic heterocycles. The third-order valence-corrected chi connectivity index (χ3v) is 4.09.